The first kappa shape index (κ1) is 107. The van der Waals surface area contributed by atoms with Crippen LogP contribution in [-0.4, -0.2) is 371 Å². The fourth-order valence-electron chi connectivity index (χ4n) is 16.8. The number of nitrogens with zero attached hydrogens (tertiary/aromatic N) is 17. The monoisotopic (exact) mass is 1710 g/mol. The summed E-state index contributed by atoms with van der Waals surface area (Å²) in [5.74, 6) is 3.00. The third kappa shape index (κ3) is 38.6. The quantitative estimate of drug-likeness (QED) is 0.0878. The Morgan fingerprint density at radius 1 is 0.369 bits per heavy atom. The predicted molar refractivity (Wildman–Crippen MR) is 514 cm³/mol. The molecule has 0 atom stereocenters. The molecule has 0 aromatic carbocycles. The molecule has 8 aliphatic rings. The molecule has 11 rings (SSSR count). The molecule has 3 aromatic heterocycles. The normalized spacial score (nSPS) is 20.9. The molecule has 8 fully saturated rings. The number of hydrogen-bond donors (Lipinski definition) is 0. The van der Waals surface area contributed by atoms with Crippen molar-refractivity contribution in [1.82, 2.24) is 79.0 Å². The van der Waals surface area contributed by atoms with Crippen LogP contribution < -0.4 is 4.90 Å². The Balaban J connectivity index is 0.000000229. The molecular formula is C100H191N17O5. The number of likely N-dealkylation sites (tertiary alicyclic amines) is 2. The highest BCUT2D eigenvalue weighted by molar-refractivity contribution is 5.99. The van der Waals surface area contributed by atoms with Crippen LogP contribution in [0.4, 0.5) is 5.82 Å². The molecule has 0 saturated carbocycles. The minimum absolute atomic E-state index is 0.00306. The van der Waals surface area contributed by atoms with Gasteiger partial charge in [0, 0.05) is 314 Å². The van der Waals surface area contributed by atoms with Gasteiger partial charge in [-0.3, -0.25) is 63.6 Å². The van der Waals surface area contributed by atoms with Crippen LogP contribution in [0.2, 0.25) is 0 Å². The summed E-state index contributed by atoms with van der Waals surface area (Å²) in [5, 5.41) is 8.43. The molecule has 22 nitrogen and oxygen atoms in total. The fraction of sp³-hybridized carbons (Fsp3) is 0.880. The third-order valence-corrected chi connectivity index (χ3v) is 25.4. The van der Waals surface area contributed by atoms with E-state index in [2.05, 4.69) is 325 Å². The van der Waals surface area contributed by atoms with Gasteiger partial charge in [-0.2, -0.15) is 0 Å². The van der Waals surface area contributed by atoms with E-state index in [-0.39, 0.29) is 33.0 Å². The maximum atomic E-state index is 12.4. The minimum atomic E-state index is -0.383. The zero-order chi connectivity index (χ0) is 91.6. The van der Waals surface area contributed by atoms with Gasteiger partial charge in [0.05, 0.1) is 36.8 Å². The molecule has 8 aliphatic heterocycles. The van der Waals surface area contributed by atoms with Gasteiger partial charge >= 0.3 is 0 Å². The van der Waals surface area contributed by atoms with Crippen molar-refractivity contribution in [2.45, 2.75) is 324 Å². The molecule has 8 saturated heterocycles. The lowest BCUT2D eigenvalue weighted by atomic mass is 9.87. The van der Waals surface area contributed by atoms with Gasteiger partial charge in [-0.05, 0) is 168 Å². The predicted octanol–water partition coefficient (Wildman–Crippen LogP) is 15.6. The minimum Gasteiger partial charge on any atom is -0.380 e. The van der Waals surface area contributed by atoms with Crippen molar-refractivity contribution in [3.8, 4) is 0 Å². The number of piperazine rings is 6. The van der Waals surface area contributed by atoms with Gasteiger partial charge in [-0.25, -0.2) is 4.98 Å². The molecule has 0 aliphatic carbocycles. The van der Waals surface area contributed by atoms with Crippen LogP contribution in [0.15, 0.2) is 39.5 Å². The fourth-order valence-corrected chi connectivity index (χ4v) is 16.8. The van der Waals surface area contributed by atoms with E-state index in [0.29, 0.717) is 44.2 Å². The van der Waals surface area contributed by atoms with Crippen LogP contribution in [0, 0.1) is 16.2 Å². The standard InChI is InChI=1S/C23H34N4O2.C17H31N3O.C16H33N3.C15H31N3.C15H32N2O.C14H30N2O/c1-22(2,3)19-15-18(25-29-19)9-10-26-11-13-27(14-12-26)20-8-7-17(16-24-20)21(28)23(4,5)6;1-16(2,3)15-13-14(18-21-15)7-8-19-9-11-20(12-10-19)17(4,5)6;1-15(2,3)13-17-11-14(12-17)18-7-9-19(10-8-18)16(4,5)6;1-14(2,3)17-9-7-16(8-10-17)13-11-18(12-13)15(4,5)6;1-14(2,3)13-18-12-11-16-7-9-17(10-8-16)15(4,5)6;1-13(2,3)16-9-7-15(8-10-16)11-12-17-14(4,5)6/h7-8,15-16H,9-14H2,1-6H3;13H,7-12H2,1-6H3;14H,7-13H2,1-6H3;13H,7-12H2,1-6H3;7-13H2,1-6H3;7-12H2,1-6H3. The van der Waals surface area contributed by atoms with Crippen molar-refractivity contribution in [1.29, 1.82) is 0 Å². The number of ether oxygens (including phenoxy) is 2. The Kier molecular flexibility index (Phi) is 39.8. The van der Waals surface area contributed by atoms with Crippen LogP contribution in [0.1, 0.15) is 283 Å². The molecule has 706 valence electrons. The van der Waals surface area contributed by atoms with Crippen molar-refractivity contribution in [3.63, 3.8) is 0 Å². The maximum absolute atomic E-state index is 12.4. The topological polar surface area (TPSA) is 146 Å². The third-order valence-electron chi connectivity index (χ3n) is 25.4. The number of anilines is 1. The van der Waals surface area contributed by atoms with Crippen molar-refractivity contribution >= 4 is 11.6 Å². The molecule has 0 radical (unpaired) electrons. The van der Waals surface area contributed by atoms with Crippen LogP contribution in [0.3, 0.4) is 0 Å². The lowest BCUT2D eigenvalue weighted by Crippen LogP contribution is -2.67. The molecule has 0 spiro atoms. The van der Waals surface area contributed by atoms with Gasteiger partial charge in [0.25, 0.3) is 0 Å². The van der Waals surface area contributed by atoms with Crippen molar-refractivity contribution in [3.05, 3.63) is 58.9 Å². The summed E-state index contributed by atoms with van der Waals surface area (Å²) in [6.45, 7) is 121. The van der Waals surface area contributed by atoms with E-state index in [9.17, 15) is 4.79 Å². The van der Waals surface area contributed by atoms with Gasteiger partial charge < -0.3 is 28.3 Å². The van der Waals surface area contributed by atoms with E-state index in [0.717, 1.165) is 152 Å². The summed E-state index contributed by atoms with van der Waals surface area (Å²) >= 11 is 0. The second-order valence-electron chi connectivity index (χ2n) is 49.3. The molecule has 0 unspecified atom stereocenters. The largest absolute Gasteiger partial charge is 0.380 e. The summed E-state index contributed by atoms with van der Waals surface area (Å²) in [4.78, 5) is 52.8. The summed E-state index contributed by atoms with van der Waals surface area (Å²) in [5.41, 5.74) is 5.11. The number of hydrogen-bond acceptors (Lipinski definition) is 22. The van der Waals surface area contributed by atoms with Gasteiger partial charge in [-0.1, -0.05) is 114 Å². The Morgan fingerprint density at radius 2 is 0.697 bits per heavy atom. The Labute approximate surface area is 749 Å². The van der Waals surface area contributed by atoms with Gasteiger partial charge in [0.15, 0.2) is 5.78 Å². The summed E-state index contributed by atoms with van der Waals surface area (Å²) in [6.07, 6.45) is 3.60. The highest BCUT2D eigenvalue weighted by Crippen LogP contribution is 2.31. The van der Waals surface area contributed by atoms with Crippen LogP contribution >= 0.6 is 0 Å². The van der Waals surface area contributed by atoms with Crippen LogP contribution in [0.5, 0.6) is 0 Å². The second kappa shape index (κ2) is 45.3. The summed E-state index contributed by atoms with van der Waals surface area (Å²) in [7, 11) is 0. The molecule has 122 heavy (non-hydrogen) atoms. The number of pyridine rings is 1. The van der Waals surface area contributed by atoms with Crippen molar-refractivity contribution < 1.29 is 23.3 Å². The highest BCUT2D eigenvalue weighted by atomic mass is 16.5. The zero-order valence-corrected chi connectivity index (χ0v) is 86.1. The van der Waals surface area contributed by atoms with E-state index in [4.69, 9.17) is 18.5 Å². The van der Waals surface area contributed by atoms with E-state index < -0.39 is 0 Å². The Bertz CT molecular complexity index is 3390. The smallest absolute Gasteiger partial charge is 0.169 e. The van der Waals surface area contributed by atoms with Gasteiger partial charge in [0.1, 0.15) is 17.3 Å². The first-order valence-electron chi connectivity index (χ1n) is 47.9. The first-order chi connectivity index (χ1) is 55.9. The lowest BCUT2D eigenvalue weighted by Gasteiger charge is -2.53. The summed E-state index contributed by atoms with van der Waals surface area (Å²) < 4.78 is 22.4. The number of aromatic nitrogens is 3. The van der Waals surface area contributed by atoms with E-state index >= 15 is 0 Å². The zero-order valence-electron chi connectivity index (χ0n) is 86.1. The Morgan fingerprint density at radius 3 is 0.992 bits per heavy atom. The number of ketones is 1. The molecule has 0 N–H and O–H groups in total. The van der Waals surface area contributed by atoms with Gasteiger partial charge in [0.2, 0.25) is 0 Å². The van der Waals surface area contributed by atoms with Crippen LogP contribution in [0.25, 0.3) is 0 Å². The second-order valence-corrected chi connectivity index (χ2v) is 49.3. The number of carbonyl (C=O) groups is 1. The molecule has 11 heterocycles. The van der Waals surface area contributed by atoms with Crippen LogP contribution in [-0.2, 0) is 33.1 Å². The van der Waals surface area contributed by atoms with E-state index in [1.165, 1.54) is 137 Å². The summed E-state index contributed by atoms with van der Waals surface area (Å²) in [6, 6.07) is 9.71. The highest BCUT2D eigenvalue weighted by Gasteiger charge is 2.41. The Hall–Kier alpha value is -3.56. The number of Topliss-reactive ketones (excluding diaryl/α,β-unsaturated/α-hetero) is 1. The van der Waals surface area contributed by atoms with Gasteiger partial charge in [-0.15, -0.1) is 0 Å². The molecule has 0 bridgehead atoms. The van der Waals surface area contributed by atoms with Crippen molar-refractivity contribution in [2.75, 3.05) is 241 Å². The average Bonchev–Trinajstić information content (AvgIpc) is 0.828. The molecule has 0 amide bonds. The molecule has 22 heteroatoms. The average molecular weight is 1710 g/mol. The molecule has 3 aromatic rings. The molecular weight excluding hydrogens is 1520 g/mol. The van der Waals surface area contributed by atoms with E-state index in [1.54, 1.807) is 6.20 Å². The maximum Gasteiger partial charge on any atom is 0.169 e. The first-order valence-corrected chi connectivity index (χ1v) is 47.9. The number of carbonyl (C=O) groups excluding carboxylic acids is 1. The number of rotatable bonds is 18. The SMILES string of the molecule is CC(C)(C)C(=O)c1ccc(N2CCN(CCc3cc(C(C)(C)C)on3)CC2)nc1.CC(C)(C)CN1CC(N2CCN(C(C)(C)C)CC2)C1.CC(C)(C)COCCN1CCN(C(C)(C)C)CC1.CC(C)(C)N1CCN(C2CN(C(C)(C)C)C2)CC1.CC(C)(C)OCCN1CCN(C(C)(C)C)CC1.CC(C)(C)c1cc(CCN2CCN(C(C)(C)C)CC2)no1. The van der Waals surface area contributed by atoms with Crippen molar-refractivity contribution in [2.24, 2.45) is 16.2 Å². The lowest BCUT2D eigenvalue weighted by molar-refractivity contribution is -0.0470. The van der Waals surface area contributed by atoms with E-state index in [1.807, 2.05) is 32.9 Å².